The third-order valence-corrected chi connectivity index (χ3v) is 3.53. The number of anilines is 2. The first-order valence-corrected chi connectivity index (χ1v) is 6.77. The van der Waals surface area contributed by atoms with Gasteiger partial charge in [0.2, 0.25) is 0 Å². The van der Waals surface area contributed by atoms with E-state index in [1.807, 2.05) is 22.9 Å². The molecular formula is C13H13N3O2S. The van der Waals surface area contributed by atoms with Gasteiger partial charge >= 0.3 is 0 Å². The number of aliphatic hydroxyl groups excluding tert-OH is 1. The summed E-state index contributed by atoms with van der Waals surface area (Å²) in [6, 6.07) is 7.64. The van der Waals surface area contributed by atoms with E-state index < -0.39 is 6.10 Å². The van der Waals surface area contributed by atoms with Crippen molar-refractivity contribution in [2.75, 3.05) is 17.6 Å². The fraction of sp³-hybridized carbons (Fsp3) is 0.154. The summed E-state index contributed by atoms with van der Waals surface area (Å²) in [5.41, 5.74) is 8.53. The van der Waals surface area contributed by atoms with Crippen LogP contribution in [0.1, 0.15) is 11.7 Å². The molecule has 0 saturated heterocycles. The van der Waals surface area contributed by atoms with Gasteiger partial charge in [-0.25, -0.2) is 0 Å². The van der Waals surface area contributed by atoms with Crippen molar-refractivity contribution in [3.05, 3.63) is 40.6 Å². The Bertz CT molecular complexity index is 678. The van der Waals surface area contributed by atoms with E-state index in [1.165, 1.54) is 0 Å². The summed E-state index contributed by atoms with van der Waals surface area (Å²) in [6.07, 6.45) is -0.585. The first-order valence-electron chi connectivity index (χ1n) is 5.83. The number of rotatable bonds is 4. The maximum absolute atomic E-state index is 9.95. The second-order valence-corrected chi connectivity index (χ2v) is 4.95. The van der Waals surface area contributed by atoms with Crippen LogP contribution in [0.3, 0.4) is 0 Å². The molecule has 0 aliphatic heterocycles. The predicted octanol–water partition coefficient (Wildman–Crippen LogP) is 2.62. The summed E-state index contributed by atoms with van der Waals surface area (Å²) in [5.74, 6) is 0. The second-order valence-electron chi connectivity index (χ2n) is 4.17. The van der Waals surface area contributed by atoms with E-state index >= 15 is 0 Å². The van der Waals surface area contributed by atoms with Crippen molar-refractivity contribution >= 4 is 34.1 Å². The van der Waals surface area contributed by atoms with Crippen molar-refractivity contribution in [1.82, 2.24) is 4.98 Å². The van der Waals surface area contributed by atoms with E-state index in [0.29, 0.717) is 29.3 Å². The van der Waals surface area contributed by atoms with E-state index in [4.69, 9.17) is 10.2 Å². The van der Waals surface area contributed by atoms with Crippen LogP contribution in [-0.2, 0) is 0 Å². The van der Waals surface area contributed by atoms with Crippen LogP contribution in [0.15, 0.2) is 39.4 Å². The molecule has 0 aliphatic rings. The molecule has 1 unspecified atom stereocenters. The normalized spacial score (nSPS) is 12.7. The number of nitrogens with one attached hydrogen (secondary N) is 1. The highest BCUT2D eigenvalue weighted by Gasteiger charge is 2.11. The maximum Gasteiger partial charge on any atom is 0.295 e. The third-order valence-electron chi connectivity index (χ3n) is 2.82. The summed E-state index contributed by atoms with van der Waals surface area (Å²) in [5, 5.41) is 16.8. The topological polar surface area (TPSA) is 84.3 Å². The molecular weight excluding hydrogens is 262 g/mol. The molecule has 5 nitrogen and oxygen atoms in total. The average molecular weight is 275 g/mol. The van der Waals surface area contributed by atoms with Gasteiger partial charge in [0.15, 0.2) is 5.58 Å². The number of benzene rings is 1. The van der Waals surface area contributed by atoms with Crippen molar-refractivity contribution < 1.29 is 9.52 Å². The van der Waals surface area contributed by atoms with Crippen LogP contribution in [-0.4, -0.2) is 16.6 Å². The zero-order chi connectivity index (χ0) is 13.2. The van der Waals surface area contributed by atoms with E-state index in [2.05, 4.69) is 10.3 Å². The molecule has 0 bridgehead atoms. The number of para-hydroxylation sites is 1. The first kappa shape index (κ1) is 12.0. The molecule has 4 N–H and O–H groups in total. The average Bonchev–Trinajstić information content (AvgIpc) is 3.05. The summed E-state index contributed by atoms with van der Waals surface area (Å²) < 4.78 is 5.51. The lowest BCUT2D eigenvalue weighted by molar-refractivity contribution is 0.191. The molecule has 1 atom stereocenters. The molecule has 0 radical (unpaired) electrons. The standard InChI is InChI=1S/C13H13N3O2S/c14-9-2-1-3-11-12(9)16-13(18-11)15-6-10(17)8-4-5-19-7-8/h1-5,7,10,17H,6,14H2,(H,15,16). The van der Waals surface area contributed by atoms with Crippen molar-refractivity contribution in [1.29, 1.82) is 0 Å². The SMILES string of the molecule is Nc1cccc2oc(NCC(O)c3ccsc3)nc12. The zero-order valence-electron chi connectivity index (χ0n) is 10.0. The molecule has 0 spiro atoms. The van der Waals surface area contributed by atoms with Crippen LogP contribution in [0, 0.1) is 0 Å². The monoisotopic (exact) mass is 275 g/mol. The minimum Gasteiger partial charge on any atom is -0.423 e. The molecule has 98 valence electrons. The van der Waals surface area contributed by atoms with Gasteiger partial charge in [0.1, 0.15) is 5.52 Å². The summed E-state index contributed by atoms with van der Waals surface area (Å²) in [6.45, 7) is 0.337. The van der Waals surface area contributed by atoms with E-state index in [0.717, 1.165) is 5.56 Å². The first-order chi connectivity index (χ1) is 9.24. The highest BCUT2D eigenvalue weighted by atomic mass is 32.1. The Balaban J connectivity index is 1.73. The Hall–Kier alpha value is -2.05. The number of fused-ring (bicyclic) bond motifs is 1. The molecule has 0 amide bonds. The summed E-state index contributed by atoms with van der Waals surface area (Å²) in [7, 11) is 0. The molecule has 3 rings (SSSR count). The highest BCUT2D eigenvalue weighted by Crippen LogP contribution is 2.24. The van der Waals surface area contributed by atoms with Crippen molar-refractivity contribution in [2.24, 2.45) is 0 Å². The Morgan fingerprint density at radius 1 is 1.42 bits per heavy atom. The van der Waals surface area contributed by atoms with Gasteiger partial charge in [0, 0.05) is 6.54 Å². The van der Waals surface area contributed by atoms with Crippen LogP contribution in [0.5, 0.6) is 0 Å². The lowest BCUT2D eigenvalue weighted by atomic mass is 10.2. The lowest BCUT2D eigenvalue weighted by Crippen LogP contribution is -2.11. The summed E-state index contributed by atoms with van der Waals surface area (Å²) in [4.78, 5) is 4.25. The van der Waals surface area contributed by atoms with Gasteiger partial charge in [-0.3, -0.25) is 0 Å². The van der Waals surface area contributed by atoms with E-state index in [-0.39, 0.29) is 0 Å². The van der Waals surface area contributed by atoms with Gasteiger partial charge in [0.05, 0.1) is 11.8 Å². The number of nitrogens with zero attached hydrogens (tertiary/aromatic N) is 1. The molecule has 2 heterocycles. The minimum atomic E-state index is -0.585. The molecule has 0 saturated carbocycles. The third kappa shape index (κ3) is 2.40. The van der Waals surface area contributed by atoms with Crippen LogP contribution < -0.4 is 11.1 Å². The largest absolute Gasteiger partial charge is 0.423 e. The zero-order valence-corrected chi connectivity index (χ0v) is 10.9. The van der Waals surface area contributed by atoms with Crippen LogP contribution in [0.2, 0.25) is 0 Å². The molecule has 2 aromatic heterocycles. The number of nitrogens with two attached hydrogens (primary N) is 1. The van der Waals surface area contributed by atoms with E-state index in [1.54, 1.807) is 23.5 Å². The number of hydrogen-bond donors (Lipinski definition) is 3. The number of aliphatic hydroxyl groups is 1. The van der Waals surface area contributed by atoms with Crippen LogP contribution in [0.4, 0.5) is 11.7 Å². The number of aromatic nitrogens is 1. The van der Waals surface area contributed by atoms with Crippen LogP contribution >= 0.6 is 11.3 Å². The van der Waals surface area contributed by atoms with Gasteiger partial charge in [-0.05, 0) is 34.5 Å². The molecule has 1 aromatic carbocycles. The highest BCUT2D eigenvalue weighted by molar-refractivity contribution is 7.07. The minimum absolute atomic E-state index is 0.337. The summed E-state index contributed by atoms with van der Waals surface area (Å²) >= 11 is 1.55. The number of hydrogen-bond acceptors (Lipinski definition) is 6. The Morgan fingerprint density at radius 2 is 2.32 bits per heavy atom. The second kappa shape index (κ2) is 4.91. The Morgan fingerprint density at radius 3 is 3.05 bits per heavy atom. The Labute approximate surface area is 113 Å². The van der Waals surface area contributed by atoms with Gasteiger partial charge in [-0.1, -0.05) is 6.07 Å². The molecule has 19 heavy (non-hydrogen) atoms. The molecule has 6 heteroatoms. The van der Waals surface area contributed by atoms with Crippen molar-refractivity contribution in [2.45, 2.75) is 6.10 Å². The van der Waals surface area contributed by atoms with Gasteiger partial charge in [0.25, 0.3) is 6.01 Å². The van der Waals surface area contributed by atoms with Gasteiger partial charge in [-0.2, -0.15) is 16.3 Å². The number of nitrogen functional groups attached to an aromatic ring is 1. The fourth-order valence-corrected chi connectivity index (χ4v) is 2.52. The quantitative estimate of drug-likeness (QED) is 0.637. The van der Waals surface area contributed by atoms with Crippen molar-refractivity contribution in [3.8, 4) is 0 Å². The number of thiophene rings is 1. The number of oxazole rings is 1. The lowest BCUT2D eigenvalue weighted by Gasteiger charge is -2.08. The molecule has 0 fully saturated rings. The van der Waals surface area contributed by atoms with Gasteiger partial charge in [-0.15, -0.1) is 0 Å². The van der Waals surface area contributed by atoms with Gasteiger partial charge < -0.3 is 20.6 Å². The van der Waals surface area contributed by atoms with Crippen LogP contribution in [0.25, 0.3) is 11.1 Å². The molecule has 0 aliphatic carbocycles. The van der Waals surface area contributed by atoms with E-state index in [9.17, 15) is 5.11 Å². The fourth-order valence-electron chi connectivity index (χ4n) is 1.81. The Kier molecular flexibility index (Phi) is 3.10. The smallest absolute Gasteiger partial charge is 0.295 e. The van der Waals surface area contributed by atoms with Crippen molar-refractivity contribution in [3.63, 3.8) is 0 Å². The maximum atomic E-state index is 9.95. The molecule has 3 aromatic rings. The predicted molar refractivity (Wildman–Crippen MR) is 76.2 cm³/mol.